The van der Waals surface area contributed by atoms with Crippen LogP contribution in [0.2, 0.25) is 0 Å². The van der Waals surface area contributed by atoms with Gasteiger partial charge < -0.3 is 34.6 Å². The van der Waals surface area contributed by atoms with E-state index in [-0.39, 0.29) is 5.41 Å². The minimum atomic E-state index is -2.74. The standard InChI is InChI=1S/C22H33N3O3.C6H8O7/c1-22(2,3)21-17(12-23-24-21)14-25(15-18-7-6-10-28-18)13-16-8-9-19(26-4)20(11-16)27-5;7-3(8)1-6(13,5(11)12)2-4(9)10/h8-9,11-12,18H,6-7,10,13-15H2,1-5H3,(H,23,24);13H,1-2H2,(H,7,8)(H,9,10)(H,11,12). The molecule has 0 spiro atoms. The molecule has 13 heteroatoms. The van der Waals surface area contributed by atoms with Crippen LogP contribution in [0.4, 0.5) is 0 Å². The average molecular weight is 580 g/mol. The van der Waals surface area contributed by atoms with Crippen LogP contribution in [0.25, 0.3) is 0 Å². The van der Waals surface area contributed by atoms with Crippen molar-refractivity contribution in [1.29, 1.82) is 0 Å². The molecule has 228 valence electrons. The van der Waals surface area contributed by atoms with E-state index in [1.54, 1.807) is 14.2 Å². The second kappa shape index (κ2) is 14.8. The number of hydrogen-bond acceptors (Lipinski definition) is 9. The maximum atomic E-state index is 10.3. The first-order valence-corrected chi connectivity index (χ1v) is 13.2. The Morgan fingerprint density at radius 1 is 1.05 bits per heavy atom. The smallest absolute Gasteiger partial charge is 0.336 e. The van der Waals surface area contributed by atoms with Gasteiger partial charge in [0.05, 0.1) is 39.4 Å². The highest BCUT2D eigenvalue weighted by Crippen LogP contribution is 2.29. The van der Waals surface area contributed by atoms with Crippen molar-refractivity contribution in [2.24, 2.45) is 0 Å². The molecular formula is C28H41N3O10. The summed E-state index contributed by atoms with van der Waals surface area (Å²) < 4.78 is 16.8. The number of aliphatic carboxylic acids is 3. The molecule has 1 aromatic heterocycles. The number of carboxylic acids is 3. The summed E-state index contributed by atoms with van der Waals surface area (Å²) in [7, 11) is 3.33. The number of hydrogen-bond donors (Lipinski definition) is 5. The van der Waals surface area contributed by atoms with Crippen LogP contribution >= 0.6 is 0 Å². The van der Waals surface area contributed by atoms with Gasteiger partial charge in [0.1, 0.15) is 0 Å². The molecule has 3 rings (SSSR count). The second-order valence-electron chi connectivity index (χ2n) is 11.0. The number of methoxy groups -OCH3 is 2. The van der Waals surface area contributed by atoms with E-state index in [1.807, 2.05) is 12.3 Å². The topological polar surface area (TPSA) is 192 Å². The zero-order valence-corrected chi connectivity index (χ0v) is 24.2. The number of H-pyrrole nitrogens is 1. The molecule has 0 saturated carbocycles. The van der Waals surface area contributed by atoms with Gasteiger partial charge >= 0.3 is 17.9 Å². The number of carbonyl (C=O) groups is 3. The predicted molar refractivity (Wildman–Crippen MR) is 147 cm³/mol. The van der Waals surface area contributed by atoms with Crippen LogP contribution in [-0.2, 0) is 37.6 Å². The molecule has 1 fully saturated rings. The highest BCUT2D eigenvalue weighted by molar-refractivity contribution is 5.88. The molecule has 2 aromatic rings. The molecule has 1 unspecified atom stereocenters. The fraction of sp³-hybridized carbons (Fsp3) is 0.571. The number of aromatic amines is 1. The number of benzene rings is 1. The van der Waals surface area contributed by atoms with Gasteiger partial charge in [-0.15, -0.1) is 0 Å². The molecule has 0 radical (unpaired) electrons. The van der Waals surface area contributed by atoms with Crippen LogP contribution in [0.1, 0.15) is 63.3 Å². The van der Waals surface area contributed by atoms with Gasteiger partial charge in [-0.1, -0.05) is 26.8 Å². The Bertz CT molecular complexity index is 1150. The largest absolute Gasteiger partial charge is 0.493 e. The summed E-state index contributed by atoms with van der Waals surface area (Å²) in [6.07, 6.45) is 2.24. The molecular weight excluding hydrogens is 538 g/mol. The minimum Gasteiger partial charge on any atom is -0.493 e. The average Bonchev–Trinajstić information content (AvgIpc) is 3.55. The zero-order chi connectivity index (χ0) is 30.8. The second-order valence-corrected chi connectivity index (χ2v) is 11.0. The number of rotatable bonds is 13. The van der Waals surface area contributed by atoms with E-state index >= 15 is 0 Å². The molecule has 0 aliphatic carbocycles. The lowest BCUT2D eigenvalue weighted by Crippen LogP contribution is -2.42. The van der Waals surface area contributed by atoms with Gasteiger partial charge in [0.2, 0.25) is 0 Å². The van der Waals surface area contributed by atoms with E-state index in [4.69, 9.17) is 34.6 Å². The van der Waals surface area contributed by atoms with Crippen molar-refractivity contribution in [3.8, 4) is 11.5 Å². The third kappa shape index (κ3) is 10.3. The number of nitrogens with zero attached hydrogens (tertiary/aromatic N) is 2. The van der Waals surface area contributed by atoms with Crippen LogP contribution in [0.15, 0.2) is 24.4 Å². The quantitative estimate of drug-likeness (QED) is 0.233. The van der Waals surface area contributed by atoms with E-state index in [0.717, 1.165) is 50.6 Å². The summed E-state index contributed by atoms with van der Waals surface area (Å²) in [4.78, 5) is 32.9. The Balaban J connectivity index is 0.000000383. The maximum absolute atomic E-state index is 10.3. The summed E-state index contributed by atoms with van der Waals surface area (Å²) in [5.41, 5.74) is 0.919. The molecule has 41 heavy (non-hydrogen) atoms. The van der Waals surface area contributed by atoms with E-state index < -0.39 is 36.4 Å². The SMILES string of the molecule is COc1ccc(CN(Cc2cn[nH]c2C(C)(C)C)CC2CCCO2)cc1OC.O=C(O)CC(O)(CC(=O)O)C(=O)O. The summed E-state index contributed by atoms with van der Waals surface area (Å²) >= 11 is 0. The van der Waals surface area contributed by atoms with Gasteiger partial charge in [0.25, 0.3) is 0 Å². The first-order chi connectivity index (χ1) is 19.2. The first-order valence-electron chi connectivity index (χ1n) is 13.2. The fourth-order valence-corrected chi connectivity index (χ4v) is 4.53. The first kappa shape index (κ1) is 33.5. The zero-order valence-electron chi connectivity index (χ0n) is 24.2. The van der Waals surface area contributed by atoms with Crippen LogP contribution in [0, 0.1) is 0 Å². The van der Waals surface area contributed by atoms with E-state index in [1.165, 1.54) is 16.8 Å². The third-order valence-electron chi connectivity index (χ3n) is 6.49. The molecule has 1 aliphatic rings. The van der Waals surface area contributed by atoms with Gasteiger partial charge in [-0.05, 0) is 30.5 Å². The van der Waals surface area contributed by atoms with Crippen LogP contribution in [-0.4, -0.2) is 92.5 Å². The van der Waals surface area contributed by atoms with Crippen molar-refractivity contribution in [2.75, 3.05) is 27.4 Å². The fourth-order valence-electron chi connectivity index (χ4n) is 4.53. The van der Waals surface area contributed by atoms with Crippen LogP contribution in [0.5, 0.6) is 11.5 Å². The number of carboxylic acid groups (broad SMARTS) is 3. The lowest BCUT2D eigenvalue weighted by Gasteiger charge is -2.27. The van der Waals surface area contributed by atoms with Crippen LogP contribution in [0.3, 0.4) is 0 Å². The van der Waals surface area contributed by atoms with Crippen molar-refractivity contribution in [3.05, 3.63) is 41.2 Å². The van der Waals surface area contributed by atoms with Crippen LogP contribution < -0.4 is 9.47 Å². The maximum Gasteiger partial charge on any atom is 0.336 e. The molecule has 2 heterocycles. The Hall–Kier alpha value is -3.68. The molecule has 1 saturated heterocycles. The van der Waals surface area contributed by atoms with Crippen molar-refractivity contribution < 1.29 is 49.0 Å². The number of aliphatic hydroxyl groups is 1. The summed E-state index contributed by atoms with van der Waals surface area (Å²) in [5, 5.41) is 41.3. The van der Waals surface area contributed by atoms with Gasteiger partial charge in [-0.2, -0.15) is 5.10 Å². The Labute approximate surface area is 239 Å². The molecule has 5 N–H and O–H groups in total. The van der Waals surface area contributed by atoms with E-state index in [2.05, 4.69) is 48.0 Å². The van der Waals surface area contributed by atoms with Gasteiger partial charge in [0.15, 0.2) is 17.1 Å². The minimum absolute atomic E-state index is 0.0324. The Morgan fingerprint density at radius 3 is 2.17 bits per heavy atom. The summed E-state index contributed by atoms with van der Waals surface area (Å²) in [6.45, 7) is 10.1. The lowest BCUT2D eigenvalue weighted by atomic mass is 9.89. The van der Waals surface area contributed by atoms with Crippen molar-refractivity contribution in [1.82, 2.24) is 15.1 Å². The highest BCUT2D eigenvalue weighted by Gasteiger charge is 2.40. The van der Waals surface area contributed by atoms with Gasteiger partial charge in [-0.25, -0.2) is 4.79 Å². The van der Waals surface area contributed by atoms with Gasteiger partial charge in [-0.3, -0.25) is 19.6 Å². The molecule has 1 aromatic carbocycles. The Morgan fingerprint density at radius 2 is 1.68 bits per heavy atom. The van der Waals surface area contributed by atoms with E-state index in [0.29, 0.717) is 6.10 Å². The lowest BCUT2D eigenvalue weighted by molar-refractivity contribution is -0.170. The third-order valence-corrected chi connectivity index (χ3v) is 6.49. The summed E-state index contributed by atoms with van der Waals surface area (Å²) in [6, 6.07) is 6.13. The van der Waals surface area contributed by atoms with Crippen molar-refractivity contribution in [2.45, 2.75) is 76.7 Å². The highest BCUT2D eigenvalue weighted by atomic mass is 16.5. The Kier molecular flexibility index (Phi) is 12.1. The normalized spacial score (nSPS) is 15.2. The van der Waals surface area contributed by atoms with Crippen molar-refractivity contribution in [3.63, 3.8) is 0 Å². The van der Waals surface area contributed by atoms with E-state index in [9.17, 15) is 14.4 Å². The van der Waals surface area contributed by atoms with Crippen molar-refractivity contribution >= 4 is 17.9 Å². The number of ether oxygens (including phenoxy) is 3. The number of nitrogens with one attached hydrogen (secondary N) is 1. The van der Waals surface area contributed by atoms with Gasteiger partial charge in [0, 0.05) is 42.9 Å². The molecule has 1 atom stereocenters. The predicted octanol–water partition coefficient (Wildman–Crippen LogP) is 2.66. The molecule has 1 aliphatic heterocycles. The molecule has 0 bridgehead atoms. The monoisotopic (exact) mass is 579 g/mol. The molecule has 13 nitrogen and oxygen atoms in total. The summed E-state index contributed by atoms with van der Waals surface area (Å²) in [5.74, 6) is -3.51. The molecule has 0 amide bonds. The number of aromatic nitrogens is 2.